The maximum absolute atomic E-state index is 2.44. The van der Waals surface area contributed by atoms with Crippen molar-refractivity contribution in [1.82, 2.24) is 0 Å². The van der Waals surface area contributed by atoms with Crippen molar-refractivity contribution >= 4 is 0 Å². The van der Waals surface area contributed by atoms with Crippen LogP contribution in [0, 0.1) is 95.6 Å². The van der Waals surface area contributed by atoms with Crippen LogP contribution in [0.25, 0.3) is 0 Å². The van der Waals surface area contributed by atoms with Gasteiger partial charge in [0, 0.05) is 0 Å². The van der Waals surface area contributed by atoms with Crippen LogP contribution in [0.3, 0.4) is 0 Å². The fraction of sp³-hybridized carbons (Fsp3) is 0.818. The SMILES string of the molecule is CC(C)(C)CC12CC(C1)C2.CC(C)(C)CC1CCC1.CC(C)(C)CC1CCCC1.CC(C)(C)CC1CCCCC1.CC(C)(C)CCC1CCCCC1.CC(C)(C)CCc1ccccc1.CC(C)(C)Cc1ccccc1.CC(C1CCCCC1)C(C)(C)C.CC(c1ccccc1)C(C)(C)C. The monoisotopic (exact) mass is 1370 g/mol. The second kappa shape index (κ2) is 43.9. The van der Waals surface area contributed by atoms with Gasteiger partial charge in [-0.2, -0.15) is 0 Å². The van der Waals surface area contributed by atoms with Crippen LogP contribution in [0.2, 0.25) is 0 Å². The van der Waals surface area contributed by atoms with Crippen molar-refractivity contribution in [2.45, 2.75) is 425 Å². The lowest BCUT2D eigenvalue weighted by Crippen LogP contribution is -2.53. The fourth-order valence-corrected chi connectivity index (χ4v) is 17.0. The molecule has 0 saturated heterocycles. The van der Waals surface area contributed by atoms with E-state index in [9.17, 15) is 0 Å². The summed E-state index contributed by atoms with van der Waals surface area (Å²) in [6, 6.07) is 32.0. The molecule has 11 rings (SSSR count). The molecule has 0 radical (unpaired) electrons. The first-order valence-corrected chi connectivity index (χ1v) is 42.6. The molecule has 2 unspecified atom stereocenters. The number of hydrogen-bond donors (Lipinski definition) is 0. The molecule has 3 aromatic carbocycles. The second-order valence-corrected chi connectivity index (χ2v) is 44.9. The molecule has 99 heavy (non-hydrogen) atoms. The van der Waals surface area contributed by atoms with Gasteiger partial charge in [0.2, 0.25) is 0 Å². The summed E-state index contributed by atoms with van der Waals surface area (Å²) in [5, 5.41) is 0. The zero-order chi connectivity index (χ0) is 75.0. The summed E-state index contributed by atoms with van der Waals surface area (Å²) in [6.45, 7) is 67.7. The molecule has 3 aromatic rings. The molecule has 0 amide bonds. The summed E-state index contributed by atoms with van der Waals surface area (Å²) in [6.07, 6.45) is 49.8. The average molecular weight is 1370 g/mol. The summed E-state index contributed by atoms with van der Waals surface area (Å²) < 4.78 is 0. The minimum Gasteiger partial charge on any atom is -0.0622 e. The second-order valence-electron chi connectivity index (χ2n) is 44.9. The summed E-state index contributed by atoms with van der Waals surface area (Å²) >= 11 is 0. The number of benzene rings is 3. The number of hydrogen-bond acceptors (Lipinski definition) is 0. The van der Waals surface area contributed by atoms with Gasteiger partial charge in [-0.25, -0.2) is 0 Å². The highest BCUT2D eigenvalue weighted by Gasteiger charge is 2.57. The summed E-state index contributed by atoms with van der Waals surface area (Å²) in [7, 11) is 0. The van der Waals surface area contributed by atoms with Crippen LogP contribution in [-0.2, 0) is 12.8 Å². The molecule has 2 bridgehead atoms. The Hall–Kier alpha value is -2.34. The van der Waals surface area contributed by atoms with Gasteiger partial charge in [0.1, 0.15) is 0 Å². The first kappa shape index (κ1) is 92.7. The molecule has 8 fully saturated rings. The van der Waals surface area contributed by atoms with Crippen molar-refractivity contribution in [3.63, 3.8) is 0 Å². The van der Waals surface area contributed by atoms with Crippen molar-refractivity contribution in [1.29, 1.82) is 0 Å². The van der Waals surface area contributed by atoms with E-state index in [1.807, 2.05) is 0 Å². The lowest BCUT2D eigenvalue weighted by Gasteiger charge is -2.64. The smallest absolute Gasteiger partial charge is 0.0142 e. The van der Waals surface area contributed by atoms with E-state index < -0.39 is 0 Å². The van der Waals surface area contributed by atoms with E-state index in [1.165, 1.54) is 209 Å². The summed E-state index contributed by atoms with van der Waals surface area (Å²) in [4.78, 5) is 0. The topological polar surface area (TPSA) is 0 Å². The van der Waals surface area contributed by atoms with Crippen LogP contribution < -0.4 is 0 Å². The van der Waals surface area contributed by atoms with Crippen molar-refractivity contribution < 1.29 is 0 Å². The molecular formula is C99H178. The molecule has 8 aliphatic rings. The molecule has 574 valence electrons. The molecule has 0 aromatic heterocycles. The third-order valence-electron chi connectivity index (χ3n) is 23.1. The molecule has 0 nitrogen and oxygen atoms in total. The lowest BCUT2D eigenvalue weighted by molar-refractivity contribution is -0.130. The van der Waals surface area contributed by atoms with E-state index in [2.05, 4.69) is 292 Å². The Kier molecular flexibility index (Phi) is 41.2. The summed E-state index contributed by atoms with van der Waals surface area (Å²) in [5.74, 6) is 7.93. The van der Waals surface area contributed by atoms with Gasteiger partial charge in [-0.1, -0.05) is 433 Å². The van der Waals surface area contributed by atoms with Gasteiger partial charge in [-0.3, -0.25) is 0 Å². The predicted octanol–water partition coefficient (Wildman–Crippen LogP) is 33.5. The highest BCUT2D eigenvalue weighted by Crippen LogP contribution is 2.68. The van der Waals surface area contributed by atoms with Crippen LogP contribution in [0.5, 0.6) is 0 Å². The molecule has 8 saturated carbocycles. The predicted molar refractivity (Wildman–Crippen MR) is 451 cm³/mol. The summed E-state index contributed by atoms with van der Waals surface area (Å²) in [5.41, 5.74) is 9.73. The van der Waals surface area contributed by atoms with E-state index in [0.717, 1.165) is 53.3 Å². The Bertz CT molecular complexity index is 2380. The molecular weight excluding hydrogens is 1190 g/mol. The third kappa shape index (κ3) is 48.4. The Morgan fingerprint density at radius 1 is 0.323 bits per heavy atom. The molecule has 0 heterocycles. The van der Waals surface area contributed by atoms with Gasteiger partial charge in [-0.05, 0) is 195 Å². The van der Waals surface area contributed by atoms with Crippen molar-refractivity contribution in [3.05, 3.63) is 108 Å². The van der Waals surface area contributed by atoms with E-state index in [4.69, 9.17) is 0 Å². The van der Waals surface area contributed by atoms with Crippen LogP contribution in [-0.4, -0.2) is 0 Å². The molecule has 8 aliphatic carbocycles. The first-order valence-electron chi connectivity index (χ1n) is 42.6. The minimum absolute atomic E-state index is 0.362. The van der Waals surface area contributed by atoms with Crippen LogP contribution in [0.15, 0.2) is 91.0 Å². The van der Waals surface area contributed by atoms with E-state index in [1.54, 1.807) is 19.3 Å². The fourth-order valence-electron chi connectivity index (χ4n) is 17.0. The van der Waals surface area contributed by atoms with Gasteiger partial charge in [0.05, 0.1) is 0 Å². The van der Waals surface area contributed by atoms with Gasteiger partial charge in [-0.15, -0.1) is 0 Å². The normalized spacial score (nSPS) is 21.0. The van der Waals surface area contributed by atoms with Crippen molar-refractivity contribution in [2.75, 3.05) is 0 Å². The minimum atomic E-state index is 0.362. The Labute approximate surface area is 624 Å². The van der Waals surface area contributed by atoms with Gasteiger partial charge in [0.25, 0.3) is 0 Å². The van der Waals surface area contributed by atoms with Gasteiger partial charge >= 0.3 is 0 Å². The zero-order valence-corrected chi connectivity index (χ0v) is 72.8. The van der Waals surface area contributed by atoms with Crippen molar-refractivity contribution in [2.24, 2.45) is 95.6 Å². The highest BCUT2D eigenvalue weighted by atomic mass is 14.6. The van der Waals surface area contributed by atoms with Crippen LogP contribution in [0.1, 0.15) is 429 Å². The Morgan fingerprint density at radius 3 is 0.939 bits per heavy atom. The van der Waals surface area contributed by atoms with Gasteiger partial charge in [0.15, 0.2) is 0 Å². The van der Waals surface area contributed by atoms with E-state index >= 15 is 0 Å². The third-order valence-corrected chi connectivity index (χ3v) is 23.1. The number of rotatable bonds is 11. The van der Waals surface area contributed by atoms with Crippen LogP contribution in [0.4, 0.5) is 0 Å². The molecule has 0 spiro atoms. The van der Waals surface area contributed by atoms with E-state index in [-0.39, 0.29) is 0 Å². The van der Waals surface area contributed by atoms with Crippen molar-refractivity contribution in [3.8, 4) is 0 Å². The van der Waals surface area contributed by atoms with Crippen LogP contribution >= 0.6 is 0 Å². The van der Waals surface area contributed by atoms with Gasteiger partial charge < -0.3 is 0 Å². The average Bonchev–Trinajstić information content (AvgIpc) is 1.24. The molecule has 0 N–H and O–H groups in total. The molecule has 2 atom stereocenters. The Morgan fingerprint density at radius 2 is 0.657 bits per heavy atom. The maximum atomic E-state index is 2.44. The lowest BCUT2D eigenvalue weighted by atomic mass is 9.41. The zero-order valence-electron chi connectivity index (χ0n) is 72.8. The van der Waals surface area contributed by atoms with E-state index in [0.29, 0.717) is 54.7 Å². The molecule has 0 heteroatoms. The Balaban J connectivity index is 0.000000379. The molecule has 0 aliphatic heterocycles. The first-order chi connectivity index (χ1) is 45.5. The largest absolute Gasteiger partial charge is 0.0622 e. The maximum Gasteiger partial charge on any atom is -0.0142 e. The quantitative estimate of drug-likeness (QED) is 0.179. The number of aryl methyl sites for hydroxylation is 1. The highest BCUT2D eigenvalue weighted by molar-refractivity contribution is 5.20. The standard InChI is InChI=1S/C12H24.C12H18.C12H24.C12H18.C11H22.C11H16.C10H18.C10H20.C9H18/c2*1-10(12(2,3)4)11-8-6-5-7-9-11;2*1-12(2,3)10-9-11-7-5-4-6-8-11;2*1-11(2,3)9-10-7-5-4-6-8-10;1-9(2,3)7-10-4-8(5-10)6-10;1-10(2,3)8-9-6-4-5-7-9;1-9(2,3)7-8-5-4-6-8/h10-11H,5-9H2,1-4H3;5-10H,1-4H3;11H,4-10H2,1-3H3;4-8H,9-10H2,1-3H3;10H,4-9H2,1-3H3;4-8H,9H2,1-3H3;8H,4-7H2,1-3H3;9H,4-8H2,1-3H3;8H,4-7H2,1-3H3.